The monoisotopic (exact) mass is 459 g/mol. The Hall–Kier alpha value is -3.58. The maximum absolute atomic E-state index is 13.2. The third-order valence-corrected chi connectivity index (χ3v) is 5.84. The minimum absolute atomic E-state index is 0.00773. The fourth-order valence-electron chi connectivity index (χ4n) is 3.41. The zero-order chi connectivity index (χ0) is 23.2. The number of thioether (sulfide) groups is 1. The Morgan fingerprint density at radius 3 is 2.48 bits per heavy atom. The molecule has 1 aromatic heterocycles. The molecule has 168 valence electrons. The average Bonchev–Trinajstić information content (AvgIpc) is 2.81. The molecule has 1 amide bonds. The van der Waals surface area contributed by atoms with Crippen molar-refractivity contribution in [2.24, 2.45) is 0 Å². The van der Waals surface area contributed by atoms with Crippen molar-refractivity contribution in [1.29, 1.82) is 0 Å². The molecule has 3 aromatic carbocycles. The van der Waals surface area contributed by atoms with Crippen LogP contribution in [-0.4, -0.2) is 27.3 Å². The molecule has 0 saturated carbocycles. The van der Waals surface area contributed by atoms with Crippen LogP contribution in [0.4, 0.5) is 5.69 Å². The minimum Gasteiger partial charge on any atom is -0.489 e. The van der Waals surface area contributed by atoms with E-state index in [0.717, 1.165) is 5.56 Å². The standard InChI is InChI=1S/C26H25N3O3S/c1-18(2)32-23-15-9-8-14-22(23)27-24(30)17-33-26-28-21-13-7-6-12-20(21)25(31)29(26)16-19-10-4-3-5-11-19/h3-15,18H,16-17H2,1-2H3,(H,27,30). The van der Waals surface area contributed by atoms with E-state index < -0.39 is 0 Å². The first-order chi connectivity index (χ1) is 16.0. The summed E-state index contributed by atoms with van der Waals surface area (Å²) in [5.41, 5.74) is 2.10. The molecule has 0 radical (unpaired) electrons. The molecule has 0 saturated heterocycles. The van der Waals surface area contributed by atoms with Gasteiger partial charge in [-0.25, -0.2) is 4.98 Å². The van der Waals surface area contributed by atoms with Gasteiger partial charge in [0.25, 0.3) is 5.56 Å². The molecule has 1 heterocycles. The fourth-order valence-corrected chi connectivity index (χ4v) is 4.20. The Morgan fingerprint density at radius 1 is 1.00 bits per heavy atom. The van der Waals surface area contributed by atoms with Crippen LogP contribution in [0.15, 0.2) is 88.8 Å². The molecule has 0 aliphatic rings. The van der Waals surface area contributed by atoms with Crippen molar-refractivity contribution in [3.8, 4) is 5.75 Å². The van der Waals surface area contributed by atoms with Crippen LogP contribution in [0.2, 0.25) is 0 Å². The van der Waals surface area contributed by atoms with Crippen LogP contribution in [0.3, 0.4) is 0 Å². The summed E-state index contributed by atoms with van der Waals surface area (Å²) in [5, 5.41) is 3.97. The number of para-hydroxylation sites is 3. The van der Waals surface area contributed by atoms with Gasteiger partial charge in [-0.05, 0) is 43.7 Å². The van der Waals surface area contributed by atoms with Gasteiger partial charge in [-0.3, -0.25) is 14.2 Å². The number of carbonyl (C=O) groups excluding carboxylic acids is 1. The van der Waals surface area contributed by atoms with Gasteiger partial charge in [0.1, 0.15) is 5.75 Å². The molecule has 7 heteroatoms. The predicted molar refractivity (Wildman–Crippen MR) is 133 cm³/mol. The lowest BCUT2D eigenvalue weighted by molar-refractivity contribution is -0.113. The van der Waals surface area contributed by atoms with Gasteiger partial charge in [-0.1, -0.05) is 66.4 Å². The lowest BCUT2D eigenvalue weighted by atomic mass is 10.2. The lowest BCUT2D eigenvalue weighted by Crippen LogP contribution is -2.25. The summed E-state index contributed by atoms with van der Waals surface area (Å²) in [6.45, 7) is 4.25. The van der Waals surface area contributed by atoms with E-state index in [1.807, 2.05) is 80.6 Å². The molecule has 33 heavy (non-hydrogen) atoms. The van der Waals surface area contributed by atoms with Gasteiger partial charge in [-0.2, -0.15) is 0 Å². The molecular weight excluding hydrogens is 434 g/mol. The largest absolute Gasteiger partial charge is 0.489 e. The topological polar surface area (TPSA) is 73.2 Å². The van der Waals surface area contributed by atoms with Crippen molar-refractivity contribution < 1.29 is 9.53 Å². The van der Waals surface area contributed by atoms with Crippen molar-refractivity contribution in [3.63, 3.8) is 0 Å². The first kappa shape index (κ1) is 22.6. The second-order valence-electron chi connectivity index (χ2n) is 7.79. The average molecular weight is 460 g/mol. The maximum atomic E-state index is 13.2. The van der Waals surface area contributed by atoms with Gasteiger partial charge in [0.2, 0.25) is 5.91 Å². The minimum atomic E-state index is -0.200. The number of nitrogens with one attached hydrogen (secondary N) is 1. The number of anilines is 1. The SMILES string of the molecule is CC(C)Oc1ccccc1NC(=O)CSc1nc2ccccc2c(=O)n1Cc1ccccc1. The molecule has 0 spiro atoms. The molecule has 0 atom stereocenters. The lowest BCUT2D eigenvalue weighted by Gasteiger charge is -2.15. The van der Waals surface area contributed by atoms with Gasteiger partial charge >= 0.3 is 0 Å². The number of aromatic nitrogens is 2. The summed E-state index contributed by atoms with van der Waals surface area (Å²) >= 11 is 1.24. The summed E-state index contributed by atoms with van der Waals surface area (Å²) in [4.78, 5) is 30.7. The second-order valence-corrected chi connectivity index (χ2v) is 8.73. The van der Waals surface area contributed by atoms with E-state index in [2.05, 4.69) is 10.3 Å². The van der Waals surface area contributed by atoms with Crippen molar-refractivity contribution in [2.45, 2.75) is 31.7 Å². The Kier molecular flexibility index (Phi) is 7.10. The van der Waals surface area contributed by atoms with E-state index in [0.29, 0.717) is 34.0 Å². The fraction of sp³-hybridized carbons (Fsp3) is 0.192. The number of hydrogen-bond donors (Lipinski definition) is 1. The predicted octanol–water partition coefficient (Wildman–Crippen LogP) is 4.96. The molecule has 0 bridgehead atoms. The molecule has 0 aliphatic heterocycles. The smallest absolute Gasteiger partial charge is 0.262 e. The summed E-state index contributed by atoms with van der Waals surface area (Å²) in [6, 6.07) is 24.4. The molecule has 4 rings (SSSR count). The number of carbonyl (C=O) groups is 1. The highest BCUT2D eigenvalue weighted by Crippen LogP contribution is 2.26. The number of benzene rings is 3. The van der Waals surface area contributed by atoms with Crippen LogP contribution in [0.1, 0.15) is 19.4 Å². The van der Waals surface area contributed by atoms with Crippen LogP contribution >= 0.6 is 11.8 Å². The summed E-state index contributed by atoms with van der Waals surface area (Å²) in [5.74, 6) is 0.527. The summed E-state index contributed by atoms with van der Waals surface area (Å²) in [7, 11) is 0. The summed E-state index contributed by atoms with van der Waals surface area (Å²) in [6.07, 6.45) is -0.00773. The molecule has 6 nitrogen and oxygen atoms in total. The van der Waals surface area contributed by atoms with Crippen molar-refractivity contribution >= 4 is 34.3 Å². The third-order valence-electron chi connectivity index (χ3n) is 4.87. The van der Waals surface area contributed by atoms with Crippen LogP contribution in [0.25, 0.3) is 10.9 Å². The number of nitrogens with zero attached hydrogens (tertiary/aromatic N) is 2. The summed E-state index contributed by atoms with van der Waals surface area (Å²) < 4.78 is 7.41. The van der Waals surface area contributed by atoms with Gasteiger partial charge in [0.05, 0.1) is 35.0 Å². The quantitative estimate of drug-likeness (QED) is 0.298. The highest BCUT2D eigenvalue weighted by Gasteiger charge is 2.15. The van der Waals surface area contributed by atoms with E-state index in [4.69, 9.17) is 4.74 Å². The number of amides is 1. The molecule has 0 aliphatic carbocycles. The van der Waals surface area contributed by atoms with E-state index in [1.54, 1.807) is 16.7 Å². The first-order valence-electron chi connectivity index (χ1n) is 10.7. The number of ether oxygens (including phenoxy) is 1. The van der Waals surface area contributed by atoms with Crippen LogP contribution in [0.5, 0.6) is 5.75 Å². The first-order valence-corrected chi connectivity index (χ1v) is 11.7. The Labute approximate surface area is 196 Å². The maximum Gasteiger partial charge on any atom is 0.262 e. The van der Waals surface area contributed by atoms with E-state index in [-0.39, 0.29) is 23.3 Å². The van der Waals surface area contributed by atoms with E-state index in [9.17, 15) is 9.59 Å². The van der Waals surface area contributed by atoms with Gasteiger partial charge in [-0.15, -0.1) is 0 Å². The third kappa shape index (κ3) is 5.62. The highest BCUT2D eigenvalue weighted by molar-refractivity contribution is 7.99. The van der Waals surface area contributed by atoms with E-state index >= 15 is 0 Å². The zero-order valence-corrected chi connectivity index (χ0v) is 19.3. The molecule has 4 aromatic rings. The molecule has 1 N–H and O–H groups in total. The molecule has 0 unspecified atom stereocenters. The number of rotatable bonds is 8. The highest BCUT2D eigenvalue weighted by atomic mass is 32.2. The van der Waals surface area contributed by atoms with Crippen molar-refractivity contribution in [1.82, 2.24) is 9.55 Å². The van der Waals surface area contributed by atoms with E-state index in [1.165, 1.54) is 11.8 Å². The van der Waals surface area contributed by atoms with Gasteiger partial charge in [0.15, 0.2) is 5.16 Å². The van der Waals surface area contributed by atoms with Crippen LogP contribution in [0, 0.1) is 0 Å². The van der Waals surface area contributed by atoms with Crippen molar-refractivity contribution in [3.05, 3.63) is 94.8 Å². The Morgan fingerprint density at radius 2 is 1.70 bits per heavy atom. The normalized spacial score (nSPS) is 11.0. The second kappa shape index (κ2) is 10.4. The Bertz CT molecular complexity index is 1320. The zero-order valence-electron chi connectivity index (χ0n) is 18.5. The molecule has 0 fully saturated rings. The van der Waals surface area contributed by atoms with Crippen molar-refractivity contribution in [2.75, 3.05) is 11.1 Å². The number of fused-ring (bicyclic) bond motifs is 1. The molecular formula is C26H25N3O3S. The number of hydrogen-bond acceptors (Lipinski definition) is 5. The van der Waals surface area contributed by atoms with Gasteiger partial charge in [0, 0.05) is 0 Å². The van der Waals surface area contributed by atoms with Crippen LogP contribution < -0.4 is 15.6 Å². The Balaban J connectivity index is 1.57. The van der Waals surface area contributed by atoms with Crippen LogP contribution in [-0.2, 0) is 11.3 Å². The van der Waals surface area contributed by atoms with Gasteiger partial charge < -0.3 is 10.1 Å².